The second-order valence-electron chi connectivity index (χ2n) is 9.22. The Hall–Kier alpha value is -4.54. The molecule has 7 rings (SSSR count). The van der Waals surface area contributed by atoms with Crippen molar-refractivity contribution in [3.05, 3.63) is 132 Å². The first-order chi connectivity index (χ1) is 18.7. The van der Waals surface area contributed by atoms with Crippen molar-refractivity contribution in [1.82, 2.24) is 9.97 Å². The molecule has 0 bridgehead atoms. The molecule has 0 saturated carbocycles. The molecule has 2 aromatic heterocycles. The Labute approximate surface area is 228 Å². The second kappa shape index (κ2) is 9.40. The summed E-state index contributed by atoms with van der Waals surface area (Å²) in [6.07, 6.45) is 0. The van der Waals surface area contributed by atoms with Crippen LogP contribution in [0.1, 0.15) is 0 Å². The van der Waals surface area contributed by atoms with Crippen molar-refractivity contribution in [2.45, 2.75) is 0 Å². The van der Waals surface area contributed by atoms with Crippen LogP contribution in [-0.2, 0) is 0 Å². The van der Waals surface area contributed by atoms with Crippen molar-refractivity contribution in [2.75, 3.05) is 0 Å². The van der Waals surface area contributed by atoms with Gasteiger partial charge in [-0.2, -0.15) is 0 Å². The number of para-hydroxylation sites is 1. The fourth-order valence-corrected chi connectivity index (χ4v) is 5.25. The van der Waals surface area contributed by atoms with E-state index in [9.17, 15) is 0 Å². The van der Waals surface area contributed by atoms with E-state index in [0.717, 1.165) is 60.1 Å². The fraction of sp³-hybridized carbons (Fsp3) is 0. The predicted molar refractivity (Wildman–Crippen MR) is 159 cm³/mol. The molecule has 0 spiro atoms. The van der Waals surface area contributed by atoms with Crippen LogP contribution in [0.15, 0.2) is 136 Å². The minimum absolute atomic E-state index is 0.666. The fourth-order valence-electron chi connectivity index (χ4n) is 4.85. The number of fused-ring (bicyclic) bond motifs is 3. The minimum Gasteiger partial charge on any atom is -0.456 e. The molecule has 180 valence electrons. The minimum atomic E-state index is 0.666. The van der Waals surface area contributed by atoms with Crippen LogP contribution in [0.2, 0.25) is 0 Å². The van der Waals surface area contributed by atoms with E-state index in [-0.39, 0.29) is 0 Å². The lowest BCUT2D eigenvalue weighted by Crippen LogP contribution is -1.96. The van der Waals surface area contributed by atoms with Crippen molar-refractivity contribution in [3.8, 4) is 45.0 Å². The largest absolute Gasteiger partial charge is 0.456 e. The van der Waals surface area contributed by atoms with Crippen LogP contribution in [0.3, 0.4) is 0 Å². The lowest BCUT2D eigenvalue weighted by Gasteiger charge is -2.10. The molecule has 0 atom stereocenters. The molecule has 3 nitrogen and oxygen atoms in total. The molecule has 0 fully saturated rings. The molecule has 0 aliphatic heterocycles. The third-order valence-electron chi connectivity index (χ3n) is 6.77. The molecule has 0 saturated heterocycles. The van der Waals surface area contributed by atoms with Gasteiger partial charge in [0, 0.05) is 31.9 Å². The van der Waals surface area contributed by atoms with E-state index >= 15 is 0 Å². The monoisotopic (exact) mass is 552 g/mol. The number of aromatic nitrogens is 2. The van der Waals surface area contributed by atoms with E-state index < -0.39 is 0 Å². The summed E-state index contributed by atoms with van der Waals surface area (Å²) in [7, 11) is 0. The predicted octanol–water partition coefficient (Wildman–Crippen LogP) is 9.81. The summed E-state index contributed by atoms with van der Waals surface area (Å²) in [5.41, 5.74) is 8.79. The van der Waals surface area contributed by atoms with Crippen LogP contribution in [0.25, 0.3) is 67.0 Å². The summed E-state index contributed by atoms with van der Waals surface area (Å²) in [6, 6.07) is 43.5. The average molecular weight is 553 g/mol. The smallest absolute Gasteiger partial charge is 0.160 e. The SMILES string of the molecule is Brc1cccc(-c2ccc(-c3cc(-c4ccccc4)nc(-c4ccc5c(c4)oc4ccccc45)n3)cc2)c1. The van der Waals surface area contributed by atoms with E-state index in [0.29, 0.717) is 5.82 Å². The van der Waals surface area contributed by atoms with E-state index in [1.54, 1.807) is 0 Å². The van der Waals surface area contributed by atoms with Crippen molar-refractivity contribution < 1.29 is 4.42 Å². The maximum Gasteiger partial charge on any atom is 0.160 e. The third kappa shape index (κ3) is 4.19. The van der Waals surface area contributed by atoms with E-state index in [1.165, 1.54) is 5.56 Å². The number of furan rings is 1. The van der Waals surface area contributed by atoms with Gasteiger partial charge in [0.25, 0.3) is 0 Å². The molecule has 0 aliphatic carbocycles. The standard InChI is InChI=1S/C34H21BrN2O/c35-27-10-6-9-25(19-27)22-13-15-24(16-14-22)31-21-30(23-7-2-1-3-8-23)36-34(37-31)26-17-18-29-28-11-4-5-12-32(28)38-33(29)20-26/h1-21H. The van der Waals surface area contributed by atoms with E-state index in [4.69, 9.17) is 14.4 Å². The van der Waals surface area contributed by atoms with E-state index in [1.807, 2.05) is 48.5 Å². The van der Waals surface area contributed by atoms with Crippen molar-refractivity contribution in [3.63, 3.8) is 0 Å². The van der Waals surface area contributed by atoms with Crippen LogP contribution >= 0.6 is 15.9 Å². The summed E-state index contributed by atoms with van der Waals surface area (Å²) in [5.74, 6) is 0.666. The first kappa shape index (κ1) is 22.6. The summed E-state index contributed by atoms with van der Waals surface area (Å²) in [5, 5.41) is 2.20. The van der Waals surface area contributed by atoms with E-state index in [2.05, 4.69) is 94.8 Å². The quantitative estimate of drug-likeness (QED) is 0.218. The molecule has 0 radical (unpaired) electrons. The Morgan fingerprint density at radius 2 is 1.08 bits per heavy atom. The Bertz CT molecular complexity index is 1920. The lowest BCUT2D eigenvalue weighted by atomic mass is 10.0. The van der Waals surface area contributed by atoms with Gasteiger partial charge in [-0.05, 0) is 47.5 Å². The maximum absolute atomic E-state index is 6.15. The molecule has 7 aromatic rings. The number of hydrogen-bond donors (Lipinski definition) is 0. The third-order valence-corrected chi connectivity index (χ3v) is 7.26. The van der Waals surface area contributed by atoms with Gasteiger partial charge < -0.3 is 4.42 Å². The average Bonchev–Trinajstić information content (AvgIpc) is 3.35. The highest BCUT2D eigenvalue weighted by Gasteiger charge is 2.13. The summed E-state index contributed by atoms with van der Waals surface area (Å²) in [4.78, 5) is 9.99. The van der Waals surface area contributed by atoms with Gasteiger partial charge in [0.2, 0.25) is 0 Å². The number of nitrogens with zero attached hydrogens (tertiary/aromatic N) is 2. The van der Waals surface area contributed by atoms with Crippen LogP contribution in [-0.4, -0.2) is 9.97 Å². The summed E-state index contributed by atoms with van der Waals surface area (Å²) < 4.78 is 7.21. The Balaban J connectivity index is 1.35. The van der Waals surface area contributed by atoms with Gasteiger partial charge in [-0.25, -0.2) is 9.97 Å². The van der Waals surface area contributed by atoms with Crippen molar-refractivity contribution >= 4 is 37.9 Å². The topological polar surface area (TPSA) is 38.9 Å². The Kier molecular flexibility index (Phi) is 5.60. The second-order valence-corrected chi connectivity index (χ2v) is 10.1. The Morgan fingerprint density at radius 1 is 0.447 bits per heavy atom. The Morgan fingerprint density at radius 3 is 1.87 bits per heavy atom. The molecule has 0 N–H and O–H groups in total. The van der Waals surface area contributed by atoms with Crippen LogP contribution in [0.4, 0.5) is 0 Å². The normalized spacial score (nSPS) is 11.3. The lowest BCUT2D eigenvalue weighted by molar-refractivity contribution is 0.669. The molecular formula is C34H21BrN2O. The number of hydrogen-bond acceptors (Lipinski definition) is 3. The highest BCUT2D eigenvalue weighted by molar-refractivity contribution is 9.10. The van der Waals surface area contributed by atoms with Crippen LogP contribution in [0.5, 0.6) is 0 Å². The molecule has 0 unspecified atom stereocenters. The van der Waals surface area contributed by atoms with Crippen LogP contribution in [0, 0.1) is 0 Å². The van der Waals surface area contributed by atoms with Gasteiger partial charge in [0.15, 0.2) is 5.82 Å². The first-order valence-electron chi connectivity index (χ1n) is 12.4. The summed E-state index contributed by atoms with van der Waals surface area (Å²) in [6.45, 7) is 0. The zero-order valence-corrected chi connectivity index (χ0v) is 21.9. The first-order valence-corrected chi connectivity index (χ1v) is 13.2. The van der Waals surface area contributed by atoms with Gasteiger partial charge in [0.1, 0.15) is 11.2 Å². The maximum atomic E-state index is 6.15. The van der Waals surface area contributed by atoms with Crippen molar-refractivity contribution in [2.24, 2.45) is 0 Å². The zero-order valence-electron chi connectivity index (χ0n) is 20.3. The molecule has 38 heavy (non-hydrogen) atoms. The molecule has 2 heterocycles. The van der Waals surface area contributed by atoms with Gasteiger partial charge in [0.05, 0.1) is 11.4 Å². The van der Waals surface area contributed by atoms with Gasteiger partial charge >= 0.3 is 0 Å². The van der Waals surface area contributed by atoms with Crippen molar-refractivity contribution in [1.29, 1.82) is 0 Å². The van der Waals surface area contributed by atoms with Gasteiger partial charge in [-0.3, -0.25) is 0 Å². The molecule has 0 aliphatic rings. The van der Waals surface area contributed by atoms with Crippen LogP contribution < -0.4 is 0 Å². The molecule has 0 amide bonds. The van der Waals surface area contributed by atoms with Gasteiger partial charge in [-0.15, -0.1) is 0 Å². The van der Waals surface area contributed by atoms with Gasteiger partial charge in [-0.1, -0.05) is 107 Å². The zero-order chi connectivity index (χ0) is 25.5. The highest BCUT2D eigenvalue weighted by Crippen LogP contribution is 2.33. The summed E-state index contributed by atoms with van der Waals surface area (Å²) >= 11 is 3.57. The molecular weight excluding hydrogens is 532 g/mol. The number of halogens is 1. The molecule has 5 aromatic carbocycles. The number of benzene rings is 5. The number of rotatable bonds is 4. The molecule has 4 heteroatoms. The highest BCUT2D eigenvalue weighted by atomic mass is 79.9.